The molecule has 2 aliphatic rings. The van der Waals surface area contributed by atoms with Crippen LogP contribution in [0.1, 0.15) is 37.9 Å². The van der Waals surface area contributed by atoms with Gasteiger partial charge in [0.05, 0.1) is 11.0 Å². The van der Waals surface area contributed by atoms with E-state index in [9.17, 15) is 18.0 Å². The topological polar surface area (TPSA) is 61.6 Å². The van der Waals surface area contributed by atoms with E-state index in [4.69, 9.17) is 15.2 Å². The van der Waals surface area contributed by atoms with Gasteiger partial charge in [-0.3, -0.25) is 4.79 Å². The number of ether oxygens (including phenoxy) is 2. The van der Waals surface area contributed by atoms with Crippen LogP contribution < -0.4 is 15.2 Å². The Morgan fingerprint density at radius 2 is 1.76 bits per heavy atom. The minimum absolute atomic E-state index is 0. The molecule has 2 N–H and O–H groups in total. The molecule has 1 fully saturated rings. The number of fused-ring (bicyclic) bond motifs is 1. The van der Waals surface area contributed by atoms with Gasteiger partial charge in [-0.2, -0.15) is 13.2 Å². The molecule has 1 heterocycles. The summed E-state index contributed by atoms with van der Waals surface area (Å²) < 4.78 is 51.8. The van der Waals surface area contributed by atoms with Gasteiger partial charge in [0.15, 0.2) is 11.5 Å². The lowest BCUT2D eigenvalue weighted by molar-refractivity contribution is -0.137. The zero-order valence-corrected chi connectivity index (χ0v) is 17.7. The van der Waals surface area contributed by atoms with Crippen molar-refractivity contribution < 1.29 is 30.3 Å². The van der Waals surface area contributed by atoms with E-state index < -0.39 is 17.2 Å². The summed E-state index contributed by atoms with van der Waals surface area (Å²) in [5.74, 6) is 1.12. The molecule has 0 amide bonds. The third kappa shape index (κ3) is 3.97. The van der Waals surface area contributed by atoms with Crippen molar-refractivity contribution in [2.75, 3.05) is 6.79 Å². The monoisotopic (exact) mass is 457 g/mol. The van der Waals surface area contributed by atoms with Crippen LogP contribution >= 0.6 is 0 Å². The molecule has 0 unspecified atom stereocenters. The number of halogens is 3. The Bertz CT molecular complexity index is 1240. The lowest BCUT2D eigenvalue weighted by atomic mass is 9.86. The van der Waals surface area contributed by atoms with E-state index in [0.29, 0.717) is 41.0 Å². The highest BCUT2D eigenvalue weighted by molar-refractivity contribution is 5.95. The molecule has 4 nitrogen and oxygen atoms in total. The highest BCUT2D eigenvalue weighted by Gasteiger charge is 2.51. The van der Waals surface area contributed by atoms with Crippen molar-refractivity contribution in [3.05, 3.63) is 82.9 Å². The van der Waals surface area contributed by atoms with Gasteiger partial charge in [0.1, 0.15) is 5.78 Å². The number of hydrogen-bond acceptors (Lipinski definition) is 4. The standard InChI is InChI=1S/C26H22F3NO3.2H2/c27-26(28,29)20-10-16(9-18(12-20)21-4-2-1-3-17(21)14-30)11-24(31)25(7-8-25)19-5-6-22-23(13-19)33-15-32-22;;/h1-6,9-10,12-13H,7-8,11,14-15,30H2;2*1H. The SMILES string of the molecule is NCc1ccccc1-c1cc(CC(=O)C2(c3ccc4c(c3)OCO4)CC2)cc(C(F)(F)F)c1.[HH].[HH]. The average molecular weight is 457 g/mol. The van der Waals surface area contributed by atoms with E-state index in [1.807, 2.05) is 12.1 Å². The fraction of sp³-hybridized carbons (Fsp3) is 0.269. The van der Waals surface area contributed by atoms with E-state index in [1.165, 1.54) is 0 Å². The number of rotatable bonds is 6. The van der Waals surface area contributed by atoms with Gasteiger partial charge >= 0.3 is 6.18 Å². The van der Waals surface area contributed by atoms with E-state index in [0.717, 1.165) is 23.3 Å². The Balaban J connectivity index is 0.00000171. The van der Waals surface area contributed by atoms with E-state index in [1.54, 1.807) is 36.4 Å². The summed E-state index contributed by atoms with van der Waals surface area (Å²) in [4.78, 5) is 13.4. The average Bonchev–Trinajstić information content (AvgIpc) is 3.49. The third-order valence-electron chi connectivity index (χ3n) is 6.44. The van der Waals surface area contributed by atoms with Crippen molar-refractivity contribution in [2.24, 2.45) is 5.73 Å². The normalized spacial score (nSPS) is 16.0. The lowest BCUT2D eigenvalue weighted by Gasteiger charge is -2.17. The highest BCUT2D eigenvalue weighted by atomic mass is 19.4. The summed E-state index contributed by atoms with van der Waals surface area (Å²) >= 11 is 0. The predicted octanol–water partition coefficient (Wildman–Crippen LogP) is 5.90. The van der Waals surface area contributed by atoms with Gasteiger partial charge in [0.25, 0.3) is 0 Å². The smallest absolute Gasteiger partial charge is 0.416 e. The van der Waals surface area contributed by atoms with Crippen molar-refractivity contribution in [2.45, 2.75) is 37.4 Å². The molecule has 0 saturated heterocycles. The number of nitrogens with two attached hydrogens (primary N) is 1. The van der Waals surface area contributed by atoms with Crippen LogP contribution in [0.15, 0.2) is 60.7 Å². The Labute approximate surface area is 192 Å². The molecule has 7 heteroatoms. The van der Waals surface area contributed by atoms with Gasteiger partial charge in [-0.05, 0) is 64.9 Å². The molecule has 174 valence electrons. The number of Topliss-reactive ketones (excluding diaryl/α,β-unsaturated/α-hetero) is 1. The Hall–Kier alpha value is -3.32. The minimum atomic E-state index is -4.53. The molecule has 0 atom stereocenters. The Morgan fingerprint density at radius 1 is 1.00 bits per heavy atom. The van der Waals surface area contributed by atoms with Gasteiger partial charge in [-0.25, -0.2) is 0 Å². The molecular weight excluding hydrogens is 431 g/mol. The first kappa shape index (κ1) is 21.5. The maximum atomic E-state index is 13.7. The van der Waals surface area contributed by atoms with Crippen molar-refractivity contribution >= 4 is 5.78 Å². The van der Waals surface area contributed by atoms with Crippen molar-refractivity contribution in [1.29, 1.82) is 0 Å². The summed E-state index contributed by atoms with van der Waals surface area (Å²) in [5.41, 5.74) is 7.28. The molecule has 3 aromatic carbocycles. The highest BCUT2D eigenvalue weighted by Crippen LogP contribution is 2.51. The van der Waals surface area contributed by atoms with Crippen LogP contribution in [0.5, 0.6) is 11.5 Å². The summed E-state index contributed by atoms with van der Waals surface area (Å²) in [5, 5.41) is 0. The second kappa shape index (κ2) is 7.92. The number of carbonyl (C=O) groups excluding carboxylic acids is 1. The Kier molecular flexibility index (Phi) is 5.16. The van der Waals surface area contributed by atoms with Gasteiger partial charge in [0.2, 0.25) is 6.79 Å². The van der Waals surface area contributed by atoms with Gasteiger partial charge in [-0.15, -0.1) is 0 Å². The lowest BCUT2D eigenvalue weighted by Crippen LogP contribution is -2.22. The minimum Gasteiger partial charge on any atom is -0.454 e. The van der Waals surface area contributed by atoms with Crippen molar-refractivity contribution in [3.63, 3.8) is 0 Å². The number of carbonyl (C=O) groups is 1. The van der Waals surface area contributed by atoms with Gasteiger partial charge in [0, 0.05) is 15.8 Å². The molecule has 0 aromatic heterocycles. The molecule has 33 heavy (non-hydrogen) atoms. The number of benzene rings is 3. The first-order valence-corrected chi connectivity index (χ1v) is 10.7. The molecule has 1 saturated carbocycles. The molecule has 0 radical (unpaired) electrons. The second-order valence-electron chi connectivity index (χ2n) is 8.53. The third-order valence-corrected chi connectivity index (χ3v) is 6.44. The fourth-order valence-corrected chi connectivity index (χ4v) is 4.50. The number of alkyl halides is 3. The van der Waals surface area contributed by atoms with Crippen molar-refractivity contribution in [3.8, 4) is 22.6 Å². The zero-order chi connectivity index (χ0) is 23.2. The van der Waals surface area contributed by atoms with Crippen LogP contribution in [0.3, 0.4) is 0 Å². The van der Waals surface area contributed by atoms with Crippen LogP contribution in [0, 0.1) is 0 Å². The maximum Gasteiger partial charge on any atom is 0.416 e. The predicted molar refractivity (Wildman–Crippen MR) is 121 cm³/mol. The van der Waals surface area contributed by atoms with Gasteiger partial charge in [-0.1, -0.05) is 36.4 Å². The summed E-state index contributed by atoms with van der Waals surface area (Å²) in [6.45, 7) is 0.338. The number of ketones is 1. The van der Waals surface area contributed by atoms with Crippen LogP contribution in [0.25, 0.3) is 11.1 Å². The molecule has 1 aliphatic heterocycles. The van der Waals surface area contributed by atoms with E-state index in [-0.39, 0.29) is 28.4 Å². The van der Waals surface area contributed by atoms with Crippen LogP contribution in [0.2, 0.25) is 0 Å². The summed E-state index contributed by atoms with van der Waals surface area (Å²) in [6, 6.07) is 16.4. The molecular formula is C26H26F3NO3. The largest absolute Gasteiger partial charge is 0.454 e. The van der Waals surface area contributed by atoms with E-state index in [2.05, 4.69) is 0 Å². The molecule has 1 aliphatic carbocycles. The van der Waals surface area contributed by atoms with Crippen molar-refractivity contribution in [1.82, 2.24) is 0 Å². The van der Waals surface area contributed by atoms with Crippen LogP contribution in [-0.4, -0.2) is 12.6 Å². The quantitative estimate of drug-likeness (QED) is 0.501. The van der Waals surface area contributed by atoms with E-state index >= 15 is 0 Å². The first-order valence-electron chi connectivity index (χ1n) is 10.7. The summed E-state index contributed by atoms with van der Waals surface area (Å²) in [6.07, 6.45) is -3.29. The first-order chi connectivity index (χ1) is 15.8. The molecule has 3 aromatic rings. The summed E-state index contributed by atoms with van der Waals surface area (Å²) in [7, 11) is 0. The molecule has 0 spiro atoms. The maximum absolute atomic E-state index is 13.7. The fourth-order valence-electron chi connectivity index (χ4n) is 4.50. The number of hydrogen-bond donors (Lipinski definition) is 1. The molecule has 5 rings (SSSR count). The zero-order valence-electron chi connectivity index (χ0n) is 17.7. The van der Waals surface area contributed by atoms with Gasteiger partial charge < -0.3 is 15.2 Å². The van der Waals surface area contributed by atoms with Crippen LogP contribution in [0.4, 0.5) is 13.2 Å². The Morgan fingerprint density at radius 3 is 2.48 bits per heavy atom. The molecule has 0 bridgehead atoms. The second-order valence-corrected chi connectivity index (χ2v) is 8.53. The van der Waals surface area contributed by atoms with Crippen LogP contribution in [-0.2, 0) is 29.4 Å².